The lowest BCUT2D eigenvalue weighted by molar-refractivity contribution is 0.669. The van der Waals surface area contributed by atoms with Crippen LogP contribution in [0.5, 0.6) is 0 Å². The van der Waals surface area contributed by atoms with Crippen molar-refractivity contribution in [2.24, 2.45) is 0 Å². The number of aromatic nitrogens is 5. The van der Waals surface area contributed by atoms with Gasteiger partial charge in [-0.25, -0.2) is 4.68 Å². The molecule has 4 rings (SSSR count). The van der Waals surface area contributed by atoms with E-state index in [1.54, 1.807) is 0 Å². The molecule has 6 nitrogen and oxygen atoms in total. The van der Waals surface area contributed by atoms with Crippen molar-refractivity contribution in [1.29, 1.82) is 0 Å². The minimum Gasteiger partial charge on any atom is -0.364 e. The molecule has 0 aliphatic heterocycles. The third kappa shape index (κ3) is 2.39. The zero-order chi connectivity index (χ0) is 15.1. The smallest absolute Gasteiger partial charge is 0.176 e. The molecule has 2 heterocycles. The van der Waals surface area contributed by atoms with E-state index < -0.39 is 0 Å². The summed E-state index contributed by atoms with van der Waals surface area (Å²) in [5, 5.41) is 21.1. The Hall–Kier alpha value is -2.21. The molecule has 1 aliphatic carbocycles. The molecule has 2 aromatic heterocycles. The fourth-order valence-electron chi connectivity index (χ4n) is 2.43. The SMILES string of the molecule is Cc1nnc(NC2CC2)c2c1nnn2Cc1ccccc1Cl. The summed E-state index contributed by atoms with van der Waals surface area (Å²) in [7, 11) is 0. The fraction of sp³-hybridized carbons (Fsp3) is 0.333. The summed E-state index contributed by atoms with van der Waals surface area (Å²) >= 11 is 6.25. The molecule has 0 spiro atoms. The average molecular weight is 315 g/mol. The Morgan fingerprint density at radius 3 is 2.82 bits per heavy atom. The van der Waals surface area contributed by atoms with Crippen LogP contribution in [0.25, 0.3) is 11.0 Å². The topological polar surface area (TPSA) is 68.5 Å². The number of hydrogen-bond acceptors (Lipinski definition) is 5. The van der Waals surface area contributed by atoms with E-state index in [9.17, 15) is 0 Å². The van der Waals surface area contributed by atoms with Gasteiger partial charge in [0.1, 0.15) is 11.0 Å². The number of hydrogen-bond donors (Lipinski definition) is 1. The quantitative estimate of drug-likeness (QED) is 0.802. The molecule has 1 fully saturated rings. The molecule has 112 valence electrons. The number of nitrogens with zero attached hydrogens (tertiary/aromatic N) is 5. The minimum atomic E-state index is 0.490. The molecule has 0 bridgehead atoms. The molecule has 0 atom stereocenters. The summed E-state index contributed by atoms with van der Waals surface area (Å²) in [6.07, 6.45) is 2.34. The predicted octanol–water partition coefficient (Wildman–Crippen LogP) is 2.81. The molecule has 0 unspecified atom stereocenters. The maximum Gasteiger partial charge on any atom is 0.176 e. The highest BCUT2D eigenvalue weighted by molar-refractivity contribution is 6.31. The summed E-state index contributed by atoms with van der Waals surface area (Å²) in [4.78, 5) is 0. The van der Waals surface area contributed by atoms with E-state index in [0.717, 1.165) is 33.1 Å². The van der Waals surface area contributed by atoms with Crippen LogP contribution in [-0.4, -0.2) is 31.2 Å². The van der Waals surface area contributed by atoms with E-state index in [2.05, 4.69) is 25.8 Å². The second-order valence-electron chi connectivity index (χ2n) is 5.59. The van der Waals surface area contributed by atoms with Gasteiger partial charge in [0, 0.05) is 11.1 Å². The minimum absolute atomic E-state index is 0.490. The van der Waals surface area contributed by atoms with Crippen LogP contribution in [-0.2, 0) is 6.54 Å². The predicted molar refractivity (Wildman–Crippen MR) is 85.1 cm³/mol. The van der Waals surface area contributed by atoms with Crippen LogP contribution < -0.4 is 5.32 Å². The summed E-state index contributed by atoms with van der Waals surface area (Å²) in [5.74, 6) is 0.750. The number of nitrogens with one attached hydrogen (secondary N) is 1. The van der Waals surface area contributed by atoms with Crippen molar-refractivity contribution in [3.8, 4) is 0 Å². The summed E-state index contributed by atoms with van der Waals surface area (Å²) in [5.41, 5.74) is 3.45. The van der Waals surface area contributed by atoms with Crippen molar-refractivity contribution in [3.05, 3.63) is 40.5 Å². The maximum atomic E-state index is 6.25. The first kappa shape index (κ1) is 13.5. The highest BCUT2D eigenvalue weighted by Gasteiger charge is 2.24. The van der Waals surface area contributed by atoms with Crippen molar-refractivity contribution >= 4 is 28.5 Å². The molecule has 22 heavy (non-hydrogen) atoms. The Kier molecular flexibility index (Phi) is 3.18. The van der Waals surface area contributed by atoms with E-state index in [1.807, 2.05) is 35.9 Å². The van der Waals surface area contributed by atoms with Crippen LogP contribution >= 0.6 is 11.6 Å². The Balaban J connectivity index is 1.80. The van der Waals surface area contributed by atoms with Gasteiger partial charge < -0.3 is 5.32 Å². The van der Waals surface area contributed by atoms with Crippen molar-refractivity contribution in [1.82, 2.24) is 25.2 Å². The summed E-state index contributed by atoms with van der Waals surface area (Å²) < 4.78 is 1.84. The first-order valence-electron chi connectivity index (χ1n) is 7.29. The maximum absolute atomic E-state index is 6.25. The highest BCUT2D eigenvalue weighted by atomic mass is 35.5. The molecule has 1 aromatic carbocycles. The van der Waals surface area contributed by atoms with Crippen molar-refractivity contribution in [2.75, 3.05) is 5.32 Å². The van der Waals surface area contributed by atoms with Crippen LogP contribution in [0.15, 0.2) is 24.3 Å². The molecular weight excluding hydrogens is 300 g/mol. The van der Waals surface area contributed by atoms with E-state index in [4.69, 9.17) is 11.6 Å². The van der Waals surface area contributed by atoms with Crippen LogP contribution in [0.2, 0.25) is 5.02 Å². The number of rotatable bonds is 4. The van der Waals surface area contributed by atoms with E-state index in [0.29, 0.717) is 12.6 Å². The monoisotopic (exact) mass is 314 g/mol. The second kappa shape index (κ2) is 5.21. The van der Waals surface area contributed by atoms with Crippen molar-refractivity contribution in [2.45, 2.75) is 32.4 Å². The molecule has 7 heteroatoms. The standard InChI is InChI=1S/C15H15ClN6/c1-9-13-14(15(20-18-9)17-11-6-7-11)22(21-19-13)8-10-4-2-3-5-12(10)16/h2-5,11H,6-8H2,1H3,(H,17,20). The third-order valence-electron chi connectivity index (χ3n) is 3.80. The molecular formula is C15H15ClN6. The third-order valence-corrected chi connectivity index (χ3v) is 4.17. The molecule has 0 saturated heterocycles. The number of fused-ring (bicyclic) bond motifs is 1. The number of anilines is 1. The average Bonchev–Trinajstić information content (AvgIpc) is 3.23. The van der Waals surface area contributed by atoms with Gasteiger partial charge in [-0.05, 0) is 31.4 Å². The van der Waals surface area contributed by atoms with Gasteiger partial charge in [-0.3, -0.25) is 0 Å². The number of halogens is 1. The number of benzene rings is 1. The van der Waals surface area contributed by atoms with Gasteiger partial charge in [-0.15, -0.1) is 10.2 Å². The van der Waals surface area contributed by atoms with Gasteiger partial charge in [-0.1, -0.05) is 35.0 Å². The zero-order valence-corrected chi connectivity index (χ0v) is 12.9. The van der Waals surface area contributed by atoms with Gasteiger partial charge in [0.2, 0.25) is 0 Å². The lowest BCUT2D eigenvalue weighted by Crippen LogP contribution is -2.09. The van der Waals surface area contributed by atoms with E-state index in [1.165, 1.54) is 12.8 Å². The lowest BCUT2D eigenvalue weighted by atomic mass is 10.2. The first-order chi connectivity index (χ1) is 10.7. The first-order valence-corrected chi connectivity index (χ1v) is 7.66. The molecule has 3 aromatic rings. The lowest BCUT2D eigenvalue weighted by Gasteiger charge is -2.09. The Labute approximate surface area is 132 Å². The highest BCUT2D eigenvalue weighted by Crippen LogP contribution is 2.28. The van der Waals surface area contributed by atoms with Gasteiger partial charge in [-0.2, -0.15) is 5.10 Å². The van der Waals surface area contributed by atoms with Crippen LogP contribution in [0.1, 0.15) is 24.1 Å². The molecule has 1 N–H and O–H groups in total. The van der Waals surface area contributed by atoms with Crippen LogP contribution in [0.3, 0.4) is 0 Å². The molecule has 0 radical (unpaired) electrons. The second-order valence-corrected chi connectivity index (χ2v) is 6.00. The zero-order valence-electron chi connectivity index (χ0n) is 12.1. The van der Waals surface area contributed by atoms with Crippen molar-refractivity contribution in [3.63, 3.8) is 0 Å². The normalized spacial score (nSPS) is 14.5. The Morgan fingerprint density at radius 2 is 2.05 bits per heavy atom. The van der Waals surface area contributed by atoms with Crippen LogP contribution in [0, 0.1) is 6.92 Å². The van der Waals surface area contributed by atoms with Gasteiger partial charge in [0.05, 0.1) is 12.2 Å². The molecule has 1 saturated carbocycles. The van der Waals surface area contributed by atoms with Crippen LogP contribution in [0.4, 0.5) is 5.82 Å². The van der Waals surface area contributed by atoms with E-state index in [-0.39, 0.29) is 0 Å². The van der Waals surface area contributed by atoms with Gasteiger partial charge in [0.25, 0.3) is 0 Å². The molecule has 1 aliphatic rings. The Morgan fingerprint density at radius 1 is 1.23 bits per heavy atom. The summed E-state index contributed by atoms with van der Waals surface area (Å²) in [6, 6.07) is 8.25. The largest absolute Gasteiger partial charge is 0.364 e. The van der Waals surface area contributed by atoms with Crippen molar-refractivity contribution < 1.29 is 0 Å². The molecule has 0 amide bonds. The van der Waals surface area contributed by atoms with Gasteiger partial charge >= 0.3 is 0 Å². The fourth-order valence-corrected chi connectivity index (χ4v) is 2.62. The summed E-state index contributed by atoms with van der Waals surface area (Å²) in [6.45, 7) is 2.45. The Bertz CT molecular complexity index is 839. The van der Waals surface area contributed by atoms with E-state index >= 15 is 0 Å². The van der Waals surface area contributed by atoms with Gasteiger partial charge in [0.15, 0.2) is 5.82 Å². The number of aryl methyl sites for hydroxylation is 1.